The lowest BCUT2D eigenvalue weighted by Gasteiger charge is -2.22. The summed E-state index contributed by atoms with van der Waals surface area (Å²) in [6.07, 6.45) is 0.970. The van der Waals surface area contributed by atoms with Crippen molar-refractivity contribution < 1.29 is 19.4 Å². The number of hydrogen-bond acceptors (Lipinski definition) is 4. The van der Waals surface area contributed by atoms with Crippen LogP contribution in [0.5, 0.6) is 5.75 Å². The van der Waals surface area contributed by atoms with Crippen molar-refractivity contribution in [2.75, 3.05) is 13.2 Å². The standard InChI is InChI=1S/C19H26N2O4/c1-11-5-6-12(2)16(13(11)3)25-10-15(22)9-21-17(23)19(4,14-7-8-14)20-18(21)24/h5-6,14-15,22H,7-10H2,1-4H3,(H,20,24)/t15-,19+/m0/s1. The SMILES string of the molecule is Cc1ccc(C)c(OC[C@@H](O)CN2C(=O)N[C@](C)(C3CC3)C2=O)c1C. The molecule has 6 nitrogen and oxygen atoms in total. The molecule has 0 radical (unpaired) electrons. The van der Waals surface area contributed by atoms with Crippen molar-refractivity contribution in [3.8, 4) is 5.75 Å². The van der Waals surface area contributed by atoms with Crippen molar-refractivity contribution >= 4 is 11.9 Å². The Hall–Kier alpha value is -2.08. The van der Waals surface area contributed by atoms with Crippen LogP contribution in [-0.2, 0) is 4.79 Å². The normalized spacial score (nSPS) is 24.4. The molecule has 25 heavy (non-hydrogen) atoms. The average Bonchev–Trinajstić information content (AvgIpc) is 3.37. The highest BCUT2D eigenvalue weighted by Crippen LogP contribution is 2.42. The fourth-order valence-corrected chi connectivity index (χ4v) is 3.41. The van der Waals surface area contributed by atoms with Gasteiger partial charge in [-0.1, -0.05) is 12.1 Å². The Kier molecular flexibility index (Phi) is 4.49. The van der Waals surface area contributed by atoms with Gasteiger partial charge in [-0.3, -0.25) is 9.69 Å². The number of imide groups is 1. The van der Waals surface area contributed by atoms with Gasteiger partial charge in [-0.05, 0) is 63.1 Å². The number of amides is 3. The molecule has 136 valence electrons. The van der Waals surface area contributed by atoms with E-state index in [1.54, 1.807) is 6.92 Å². The summed E-state index contributed by atoms with van der Waals surface area (Å²) in [6, 6.07) is 3.57. The number of carbonyl (C=O) groups excluding carboxylic acids is 2. The van der Waals surface area contributed by atoms with Crippen LogP contribution in [-0.4, -0.2) is 46.7 Å². The summed E-state index contributed by atoms with van der Waals surface area (Å²) in [5, 5.41) is 13.1. The van der Waals surface area contributed by atoms with E-state index in [2.05, 4.69) is 5.32 Å². The van der Waals surface area contributed by atoms with Crippen LogP contribution >= 0.6 is 0 Å². The van der Waals surface area contributed by atoms with E-state index in [4.69, 9.17) is 4.74 Å². The number of carbonyl (C=O) groups is 2. The van der Waals surface area contributed by atoms with E-state index in [0.717, 1.165) is 40.2 Å². The largest absolute Gasteiger partial charge is 0.490 e. The molecule has 3 amide bonds. The van der Waals surface area contributed by atoms with Crippen LogP contribution in [0.4, 0.5) is 4.79 Å². The number of rotatable bonds is 6. The Balaban J connectivity index is 1.62. The Morgan fingerprint density at radius 3 is 2.56 bits per heavy atom. The van der Waals surface area contributed by atoms with Gasteiger partial charge in [-0.2, -0.15) is 0 Å². The third-order valence-corrected chi connectivity index (χ3v) is 5.38. The number of ether oxygens (including phenoxy) is 1. The first-order chi connectivity index (χ1) is 11.7. The number of urea groups is 1. The maximum Gasteiger partial charge on any atom is 0.325 e. The van der Waals surface area contributed by atoms with Crippen LogP contribution in [0.3, 0.4) is 0 Å². The molecule has 1 aromatic rings. The van der Waals surface area contributed by atoms with Crippen LogP contribution in [0.15, 0.2) is 12.1 Å². The topological polar surface area (TPSA) is 78.9 Å². The Bertz CT molecular complexity index is 714. The lowest BCUT2D eigenvalue weighted by atomic mass is 9.96. The van der Waals surface area contributed by atoms with E-state index in [0.29, 0.717) is 0 Å². The molecule has 1 heterocycles. The van der Waals surface area contributed by atoms with Gasteiger partial charge in [-0.15, -0.1) is 0 Å². The molecule has 2 fully saturated rings. The number of hydrogen-bond donors (Lipinski definition) is 2. The minimum Gasteiger partial charge on any atom is -0.490 e. The second-order valence-corrected chi connectivity index (χ2v) is 7.44. The Labute approximate surface area is 148 Å². The maximum absolute atomic E-state index is 12.6. The van der Waals surface area contributed by atoms with Crippen LogP contribution in [0.1, 0.15) is 36.5 Å². The highest BCUT2D eigenvalue weighted by Gasteiger charge is 2.56. The smallest absolute Gasteiger partial charge is 0.325 e. The Morgan fingerprint density at radius 1 is 1.28 bits per heavy atom. The van der Waals surface area contributed by atoms with Gasteiger partial charge < -0.3 is 15.2 Å². The molecule has 0 unspecified atom stereocenters. The van der Waals surface area contributed by atoms with E-state index in [1.807, 2.05) is 32.9 Å². The number of aryl methyl sites for hydroxylation is 2. The summed E-state index contributed by atoms with van der Waals surface area (Å²) in [5.74, 6) is 0.709. The molecule has 1 aliphatic heterocycles. The second-order valence-electron chi connectivity index (χ2n) is 7.44. The van der Waals surface area contributed by atoms with Gasteiger partial charge in [0, 0.05) is 0 Å². The quantitative estimate of drug-likeness (QED) is 0.773. The predicted octanol–water partition coefficient (Wildman–Crippen LogP) is 2.07. The van der Waals surface area contributed by atoms with E-state index in [9.17, 15) is 14.7 Å². The Morgan fingerprint density at radius 2 is 1.92 bits per heavy atom. The molecule has 2 N–H and O–H groups in total. The van der Waals surface area contributed by atoms with Crippen LogP contribution in [0, 0.1) is 26.7 Å². The fourth-order valence-electron chi connectivity index (χ4n) is 3.41. The highest BCUT2D eigenvalue weighted by atomic mass is 16.5. The zero-order chi connectivity index (χ0) is 18.4. The second kappa shape index (κ2) is 6.33. The molecule has 3 rings (SSSR count). The summed E-state index contributed by atoms with van der Waals surface area (Å²) >= 11 is 0. The predicted molar refractivity (Wildman–Crippen MR) is 93.5 cm³/mol. The average molecular weight is 346 g/mol. The minimum atomic E-state index is -0.935. The zero-order valence-corrected chi connectivity index (χ0v) is 15.3. The molecule has 2 atom stereocenters. The van der Waals surface area contributed by atoms with Crippen LogP contribution in [0.2, 0.25) is 0 Å². The summed E-state index contributed by atoms with van der Waals surface area (Å²) in [6.45, 7) is 7.67. The lowest BCUT2D eigenvalue weighted by molar-refractivity contribution is -0.132. The van der Waals surface area contributed by atoms with Gasteiger partial charge in [-0.25, -0.2) is 4.79 Å². The van der Waals surface area contributed by atoms with Crippen molar-refractivity contribution in [1.29, 1.82) is 0 Å². The number of nitrogens with zero attached hydrogens (tertiary/aromatic N) is 1. The van der Waals surface area contributed by atoms with Gasteiger partial charge in [0.05, 0.1) is 6.54 Å². The highest BCUT2D eigenvalue weighted by molar-refractivity contribution is 6.07. The van der Waals surface area contributed by atoms with Gasteiger partial charge >= 0.3 is 6.03 Å². The van der Waals surface area contributed by atoms with Crippen molar-refractivity contribution in [3.05, 3.63) is 28.8 Å². The van der Waals surface area contributed by atoms with Gasteiger partial charge in [0.15, 0.2) is 0 Å². The maximum atomic E-state index is 12.6. The molecular weight excluding hydrogens is 320 g/mol. The molecule has 1 aliphatic carbocycles. The first-order valence-corrected chi connectivity index (χ1v) is 8.76. The van der Waals surface area contributed by atoms with Crippen molar-refractivity contribution in [2.45, 2.75) is 52.2 Å². The van der Waals surface area contributed by atoms with Gasteiger partial charge in [0.25, 0.3) is 5.91 Å². The molecule has 0 aromatic heterocycles. The summed E-state index contributed by atoms with van der Waals surface area (Å²) in [4.78, 5) is 25.8. The lowest BCUT2D eigenvalue weighted by Crippen LogP contribution is -2.46. The van der Waals surface area contributed by atoms with Gasteiger partial charge in [0.1, 0.15) is 24.0 Å². The third-order valence-electron chi connectivity index (χ3n) is 5.38. The third kappa shape index (κ3) is 3.23. The van der Waals surface area contributed by atoms with E-state index in [-0.39, 0.29) is 25.0 Å². The molecule has 0 bridgehead atoms. The van der Waals surface area contributed by atoms with Crippen LogP contribution in [0.25, 0.3) is 0 Å². The first-order valence-electron chi connectivity index (χ1n) is 8.76. The zero-order valence-electron chi connectivity index (χ0n) is 15.3. The first kappa shape index (κ1) is 17.7. The number of β-amino-alcohol motifs (C(OH)–C–C–N with tert-alkyl or cyclic N) is 1. The van der Waals surface area contributed by atoms with Crippen molar-refractivity contribution in [2.24, 2.45) is 5.92 Å². The number of nitrogens with one attached hydrogen (secondary N) is 1. The van der Waals surface area contributed by atoms with Crippen molar-refractivity contribution in [3.63, 3.8) is 0 Å². The monoisotopic (exact) mass is 346 g/mol. The molecule has 6 heteroatoms. The number of benzene rings is 1. The van der Waals surface area contributed by atoms with Crippen LogP contribution < -0.4 is 10.1 Å². The minimum absolute atomic E-state index is 0.0301. The summed E-state index contributed by atoms with van der Waals surface area (Å²) < 4.78 is 5.78. The van der Waals surface area contributed by atoms with E-state index in [1.165, 1.54) is 0 Å². The molecular formula is C19H26N2O4. The van der Waals surface area contributed by atoms with E-state index < -0.39 is 17.7 Å². The molecule has 1 aromatic carbocycles. The van der Waals surface area contributed by atoms with Crippen molar-refractivity contribution in [1.82, 2.24) is 10.2 Å². The molecule has 0 spiro atoms. The number of aliphatic hydroxyl groups is 1. The summed E-state index contributed by atoms with van der Waals surface area (Å²) in [5.41, 5.74) is 2.32. The molecule has 1 saturated heterocycles. The summed E-state index contributed by atoms with van der Waals surface area (Å²) in [7, 11) is 0. The molecule has 2 aliphatic rings. The van der Waals surface area contributed by atoms with E-state index >= 15 is 0 Å². The van der Waals surface area contributed by atoms with Gasteiger partial charge in [0.2, 0.25) is 0 Å². The number of aliphatic hydroxyl groups excluding tert-OH is 1. The molecule has 1 saturated carbocycles. The fraction of sp³-hybridized carbons (Fsp3) is 0.579.